The number of ether oxygens (including phenoxy) is 3. The van der Waals surface area contributed by atoms with Gasteiger partial charge in [-0.25, -0.2) is 0 Å². The summed E-state index contributed by atoms with van der Waals surface area (Å²) < 4.78 is 16.3. The van der Waals surface area contributed by atoms with Gasteiger partial charge in [0, 0.05) is 25.9 Å². The Bertz CT molecular complexity index is 252. The van der Waals surface area contributed by atoms with Crippen LogP contribution < -0.4 is 5.32 Å². The lowest BCUT2D eigenvalue weighted by Gasteiger charge is -2.40. The second-order valence-electron chi connectivity index (χ2n) is 5.91. The van der Waals surface area contributed by atoms with Crippen LogP contribution in [0.1, 0.15) is 45.4 Å². The summed E-state index contributed by atoms with van der Waals surface area (Å²) in [5.74, 6) is 0. The standard InChI is InChI=1S/C16H33NO4/c1-3-8-17-16(14-18)7-4-6-15(13-16)21-10-5-9-20-12-11-19-2/h15,17-18H,3-14H2,1-2H3. The second kappa shape index (κ2) is 11.4. The number of rotatable bonds is 12. The van der Waals surface area contributed by atoms with Crippen LogP contribution >= 0.6 is 0 Å². The minimum atomic E-state index is -0.131. The maximum absolute atomic E-state index is 9.73. The molecule has 0 aliphatic heterocycles. The average molecular weight is 303 g/mol. The Balaban J connectivity index is 2.16. The Morgan fingerprint density at radius 2 is 2.10 bits per heavy atom. The molecule has 0 aromatic rings. The van der Waals surface area contributed by atoms with Gasteiger partial charge in [-0.1, -0.05) is 6.92 Å². The van der Waals surface area contributed by atoms with E-state index >= 15 is 0 Å². The fourth-order valence-electron chi connectivity index (χ4n) is 2.86. The van der Waals surface area contributed by atoms with Crippen molar-refractivity contribution in [3.63, 3.8) is 0 Å². The van der Waals surface area contributed by atoms with Crippen LogP contribution in [0, 0.1) is 0 Å². The van der Waals surface area contributed by atoms with Gasteiger partial charge in [-0.3, -0.25) is 0 Å². The maximum atomic E-state index is 9.73. The smallest absolute Gasteiger partial charge is 0.0700 e. The fraction of sp³-hybridized carbons (Fsp3) is 1.00. The Labute approximate surface area is 129 Å². The van der Waals surface area contributed by atoms with Crippen LogP contribution in [0.3, 0.4) is 0 Å². The molecule has 1 aliphatic carbocycles. The number of hydrogen-bond acceptors (Lipinski definition) is 5. The SMILES string of the molecule is CCCNC1(CO)CCCC(OCCCOCCOC)C1. The Morgan fingerprint density at radius 3 is 2.81 bits per heavy atom. The minimum absolute atomic E-state index is 0.131. The zero-order chi connectivity index (χ0) is 15.4. The van der Waals surface area contributed by atoms with E-state index in [2.05, 4.69) is 12.2 Å². The van der Waals surface area contributed by atoms with Crippen molar-refractivity contribution >= 4 is 0 Å². The minimum Gasteiger partial charge on any atom is -0.394 e. The molecule has 2 unspecified atom stereocenters. The van der Waals surface area contributed by atoms with Crippen LogP contribution in [-0.4, -0.2) is 63.4 Å². The number of hydrogen-bond donors (Lipinski definition) is 2. The lowest BCUT2D eigenvalue weighted by atomic mass is 9.80. The molecule has 2 atom stereocenters. The van der Waals surface area contributed by atoms with Gasteiger partial charge in [0.05, 0.1) is 25.9 Å². The van der Waals surface area contributed by atoms with Gasteiger partial charge in [-0.05, 0) is 45.1 Å². The average Bonchev–Trinajstić information content (AvgIpc) is 2.52. The van der Waals surface area contributed by atoms with Crippen molar-refractivity contribution in [2.24, 2.45) is 0 Å². The van der Waals surface area contributed by atoms with Crippen LogP contribution in [0.2, 0.25) is 0 Å². The van der Waals surface area contributed by atoms with E-state index in [0.29, 0.717) is 13.2 Å². The van der Waals surface area contributed by atoms with Gasteiger partial charge in [0.1, 0.15) is 0 Å². The molecule has 126 valence electrons. The molecule has 0 aromatic heterocycles. The molecular weight excluding hydrogens is 270 g/mol. The van der Waals surface area contributed by atoms with Gasteiger partial charge >= 0.3 is 0 Å². The first-order valence-electron chi connectivity index (χ1n) is 8.30. The van der Waals surface area contributed by atoms with Gasteiger partial charge in [-0.2, -0.15) is 0 Å². The third kappa shape index (κ3) is 7.56. The van der Waals surface area contributed by atoms with Crippen molar-refractivity contribution in [2.75, 3.05) is 46.7 Å². The van der Waals surface area contributed by atoms with Crippen molar-refractivity contribution in [3.8, 4) is 0 Å². The molecule has 0 heterocycles. The van der Waals surface area contributed by atoms with E-state index in [9.17, 15) is 5.11 Å². The molecule has 5 nitrogen and oxygen atoms in total. The predicted molar refractivity (Wildman–Crippen MR) is 83.6 cm³/mol. The van der Waals surface area contributed by atoms with Crippen molar-refractivity contribution in [2.45, 2.75) is 57.1 Å². The third-order valence-electron chi connectivity index (χ3n) is 4.07. The quantitative estimate of drug-likeness (QED) is 0.538. The van der Waals surface area contributed by atoms with Crippen LogP contribution in [0.4, 0.5) is 0 Å². The number of methoxy groups -OCH3 is 1. The van der Waals surface area contributed by atoms with Crippen LogP contribution in [0.25, 0.3) is 0 Å². The van der Waals surface area contributed by atoms with Crippen molar-refractivity contribution in [1.29, 1.82) is 0 Å². The highest BCUT2D eigenvalue weighted by molar-refractivity contribution is 4.93. The molecule has 0 amide bonds. The Hall–Kier alpha value is -0.200. The van der Waals surface area contributed by atoms with Crippen molar-refractivity contribution in [1.82, 2.24) is 5.32 Å². The summed E-state index contributed by atoms with van der Waals surface area (Å²) >= 11 is 0. The van der Waals surface area contributed by atoms with E-state index in [0.717, 1.165) is 58.3 Å². The first kappa shape index (κ1) is 18.8. The van der Waals surface area contributed by atoms with E-state index in [1.807, 2.05) is 0 Å². The summed E-state index contributed by atoms with van der Waals surface area (Å²) in [6, 6.07) is 0. The molecule has 21 heavy (non-hydrogen) atoms. The highest BCUT2D eigenvalue weighted by atomic mass is 16.5. The molecule has 0 aromatic carbocycles. The second-order valence-corrected chi connectivity index (χ2v) is 5.91. The third-order valence-corrected chi connectivity index (χ3v) is 4.07. The van der Waals surface area contributed by atoms with Crippen LogP contribution in [-0.2, 0) is 14.2 Å². The van der Waals surface area contributed by atoms with Gasteiger partial charge in [0.15, 0.2) is 0 Å². The molecule has 0 spiro atoms. The van der Waals surface area contributed by atoms with Gasteiger partial charge < -0.3 is 24.6 Å². The fourth-order valence-corrected chi connectivity index (χ4v) is 2.86. The van der Waals surface area contributed by atoms with E-state index in [1.165, 1.54) is 0 Å². The van der Waals surface area contributed by atoms with Crippen molar-refractivity contribution in [3.05, 3.63) is 0 Å². The molecule has 2 N–H and O–H groups in total. The number of nitrogens with one attached hydrogen (secondary N) is 1. The summed E-state index contributed by atoms with van der Waals surface area (Å²) in [7, 11) is 1.68. The molecular formula is C16H33NO4. The highest BCUT2D eigenvalue weighted by Crippen LogP contribution is 2.30. The summed E-state index contributed by atoms with van der Waals surface area (Å²) in [5, 5.41) is 13.2. The van der Waals surface area contributed by atoms with E-state index in [1.54, 1.807) is 7.11 Å². The summed E-state index contributed by atoms with van der Waals surface area (Å²) in [6.45, 7) is 6.05. The molecule has 5 heteroatoms. The Morgan fingerprint density at radius 1 is 1.24 bits per heavy atom. The van der Waals surface area contributed by atoms with E-state index < -0.39 is 0 Å². The van der Waals surface area contributed by atoms with E-state index in [-0.39, 0.29) is 18.2 Å². The first-order valence-corrected chi connectivity index (χ1v) is 8.30. The summed E-state index contributed by atoms with van der Waals surface area (Å²) in [6.07, 6.45) is 6.43. The van der Waals surface area contributed by atoms with Crippen LogP contribution in [0.5, 0.6) is 0 Å². The molecule has 1 saturated carbocycles. The van der Waals surface area contributed by atoms with Crippen LogP contribution in [0.15, 0.2) is 0 Å². The Kier molecular flexibility index (Phi) is 10.2. The first-order chi connectivity index (χ1) is 10.3. The number of aliphatic hydroxyl groups excluding tert-OH is 1. The van der Waals surface area contributed by atoms with Gasteiger partial charge in [0.2, 0.25) is 0 Å². The summed E-state index contributed by atoms with van der Waals surface area (Å²) in [5.41, 5.74) is -0.131. The lowest BCUT2D eigenvalue weighted by molar-refractivity contribution is -0.0243. The molecule has 1 aliphatic rings. The van der Waals surface area contributed by atoms with Gasteiger partial charge in [0.25, 0.3) is 0 Å². The predicted octanol–water partition coefficient (Wildman–Crippen LogP) is 1.73. The highest BCUT2D eigenvalue weighted by Gasteiger charge is 2.35. The van der Waals surface area contributed by atoms with Crippen molar-refractivity contribution < 1.29 is 19.3 Å². The molecule has 0 saturated heterocycles. The largest absolute Gasteiger partial charge is 0.394 e. The zero-order valence-corrected chi connectivity index (χ0v) is 13.7. The lowest BCUT2D eigenvalue weighted by Crippen LogP contribution is -2.53. The topological polar surface area (TPSA) is 60.0 Å². The zero-order valence-electron chi connectivity index (χ0n) is 13.7. The molecule has 1 fully saturated rings. The normalized spacial score (nSPS) is 26.1. The number of aliphatic hydroxyl groups is 1. The molecule has 1 rings (SSSR count). The molecule has 0 bridgehead atoms. The van der Waals surface area contributed by atoms with E-state index in [4.69, 9.17) is 14.2 Å². The van der Waals surface area contributed by atoms with Gasteiger partial charge in [-0.15, -0.1) is 0 Å². The monoisotopic (exact) mass is 303 g/mol. The maximum Gasteiger partial charge on any atom is 0.0700 e. The molecule has 0 radical (unpaired) electrons. The summed E-state index contributed by atoms with van der Waals surface area (Å²) in [4.78, 5) is 0.